The SMILES string of the molecule is O=C(Nc1cccc(Cl)c1)Nc1nc(-c2ccc([N+](=O)[O-])cc2)cs1. The molecule has 2 aromatic carbocycles. The molecule has 3 aromatic rings. The smallest absolute Gasteiger partial charge is 0.308 e. The summed E-state index contributed by atoms with van der Waals surface area (Å²) < 4.78 is 0. The zero-order valence-corrected chi connectivity index (χ0v) is 14.2. The van der Waals surface area contributed by atoms with Gasteiger partial charge in [0.15, 0.2) is 5.13 Å². The molecule has 2 amide bonds. The molecule has 1 heterocycles. The van der Waals surface area contributed by atoms with Gasteiger partial charge in [0.1, 0.15) is 0 Å². The van der Waals surface area contributed by atoms with Crippen LogP contribution in [0, 0.1) is 10.1 Å². The monoisotopic (exact) mass is 374 g/mol. The number of amides is 2. The number of aromatic nitrogens is 1. The lowest BCUT2D eigenvalue weighted by atomic mass is 10.1. The third-order valence-corrected chi connectivity index (χ3v) is 4.17. The first-order chi connectivity index (χ1) is 12.0. The molecule has 0 aliphatic carbocycles. The standard InChI is InChI=1S/C16H11ClN4O3S/c17-11-2-1-3-12(8-11)18-15(22)20-16-19-14(9-25-16)10-4-6-13(7-5-10)21(23)24/h1-9H,(H2,18,19,20,22). The summed E-state index contributed by atoms with van der Waals surface area (Å²) in [6, 6.07) is 12.4. The Kier molecular flexibility index (Phi) is 4.92. The van der Waals surface area contributed by atoms with Crippen molar-refractivity contribution >= 4 is 45.5 Å². The van der Waals surface area contributed by atoms with E-state index in [2.05, 4.69) is 15.6 Å². The molecule has 0 saturated carbocycles. The largest absolute Gasteiger partial charge is 0.325 e. The van der Waals surface area contributed by atoms with Gasteiger partial charge in [0.25, 0.3) is 5.69 Å². The highest BCUT2D eigenvalue weighted by Crippen LogP contribution is 2.26. The lowest BCUT2D eigenvalue weighted by molar-refractivity contribution is -0.384. The molecule has 126 valence electrons. The average Bonchev–Trinajstić information content (AvgIpc) is 3.03. The van der Waals surface area contributed by atoms with Crippen LogP contribution >= 0.6 is 22.9 Å². The second-order valence-corrected chi connectivity index (χ2v) is 6.23. The minimum absolute atomic E-state index is 0.0122. The number of carbonyl (C=O) groups excluding carboxylic acids is 1. The molecule has 1 aromatic heterocycles. The molecule has 0 radical (unpaired) electrons. The van der Waals surface area contributed by atoms with Crippen molar-refractivity contribution in [1.29, 1.82) is 0 Å². The molecule has 0 atom stereocenters. The predicted octanol–water partition coefficient (Wildman–Crippen LogP) is 5.02. The fourth-order valence-electron chi connectivity index (χ4n) is 2.04. The van der Waals surface area contributed by atoms with Crippen LogP contribution in [0.5, 0.6) is 0 Å². The highest BCUT2D eigenvalue weighted by atomic mass is 35.5. The molecule has 3 rings (SSSR count). The number of nitro benzene ring substituents is 1. The molecule has 2 N–H and O–H groups in total. The number of nitrogens with one attached hydrogen (secondary N) is 2. The second-order valence-electron chi connectivity index (χ2n) is 4.93. The summed E-state index contributed by atoms with van der Waals surface area (Å²) >= 11 is 7.12. The van der Waals surface area contributed by atoms with Crippen molar-refractivity contribution in [2.75, 3.05) is 10.6 Å². The molecular formula is C16H11ClN4O3S. The summed E-state index contributed by atoms with van der Waals surface area (Å²) in [4.78, 5) is 26.5. The molecule has 0 aliphatic rings. The number of halogens is 1. The van der Waals surface area contributed by atoms with Gasteiger partial charge in [0, 0.05) is 33.8 Å². The van der Waals surface area contributed by atoms with E-state index in [4.69, 9.17) is 11.6 Å². The summed E-state index contributed by atoms with van der Waals surface area (Å²) in [6.45, 7) is 0. The molecule has 0 aliphatic heterocycles. The maximum absolute atomic E-state index is 12.0. The molecule has 25 heavy (non-hydrogen) atoms. The Morgan fingerprint density at radius 3 is 2.60 bits per heavy atom. The lowest BCUT2D eigenvalue weighted by Gasteiger charge is -2.05. The molecule has 0 saturated heterocycles. The van der Waals surface area contributed by atoms with Gasteiger partial charge in [-0.3, -0.25) is 15.4 Å². The van der Waals surface area contributed by atoms with Crippen LogP contribution < -0.4 is 10.6 Å². The lowest BCUT2D eigenvalue weighted by Crippen LogP contribution is -2.19. The van der Waals surface area contributed by atoms with Gasteiger partial charge in [0.05, 0.1) is 10.6 Å². The van der Waals surface area contributed by atoms with Crippen LogP contribution in [-0.4, -0.2) is 15.9 Å². The van der Waals surface area contributed by atoms with E-state index in [-0.39, 0.29) is 5.69 Å². The minimum Gasteiger partial charge on any atom is -0.308 e. The van der Waals surface area contributed by atoms with Crippen molar-refractivity contribution < 1.29 is 9.72 Å². The topological polar surface area (TPSA) is 97.2 Å². The van der Waals surface area contributed by atoms with Gasteiger partial charge in [-0.05, 0) is 30.3 Å². The van der Waals surface area contributed by atoms with E-state index in [1.54, 1.807) is 41.8 Å². The average molecular weight is 375 g/mol. The van der Waals surface area contributed by atoms with Crippen molar-refractivity contribution in [3.05, 3.63) is 69.0 Å². The Hall–Kier alpha value is -2.97. The highest BCUT2D eigenvalue weighted by Gasteiger charge is 2.10. The number of nitrogens with zero attached hydrogens (tertiary/aromatic N) is 2. The van der Waals surface area contributed by atoms with Crippen molar-refractivity contribution in [2.45, 2.75) is 0 Å². The quantitative estimate of drug-likeness (QED) is 0.495. The predicted molar refractivity (Wildman–Crippen MR) is 98.3 cm³/mol. The minimum atomic E-state index is -0.460. The van der Waals surface area contributed by atoms with Gasteiger partial charge in [0.2, 0.25) is 0 Å². The number of urea groups is 1. The first-order valence-electron chi connectivity index (χ1n) is 7.05. The highest BCUT2D eigenvalue weighted by molar-refractivity contribution is 7.14. The van der Waals surface area contributed by atoms with Crippen molar-refractivity contribution in [3.8, 4) is 11.3 Å². The summed E-state index contributed by atoms with van der Waals surface area (Å²) in [6.07, 6.45) is 0. The summed E-state index contributed by atoms with van der Waals surface area (Å²) in [5.41, 5.74) is 1.93. The normalized spacial score (nSPS) is 10.3. The first kappa shape index (κ1) is 16.9. The number of anilines is 2. The van der Waals surface area contributed by atoms with Gasteiger partial charge < -0.3 is 5.32 Å². The number of rotatable bonds is 4. The maximum Gasteiger partial charge on any atom is 0.325 e. The number of non-ortho nitro benzene ring substituents is 1. The van der Waals surface area contributed by atoms with Crippen LogP contribution in [0.3, 0.4) is 0 Å². The third kappa shape index (κ3) is 4.31. The molecule has 0 unspecified atom stereocenters. The Bertz CT molecular complexity index is 927. The maximum atomic E-state index is 12.0. The molecule has 0 spiro atoms. The van der Waals surface area contributed by atoms with Crippen LogP contribution in [0.1, 0.15) is 0 Å². The Balaban J connectivity index is 1.67. The second kappa shape index (κ2) is 7.29. The van der Waals surface area contributed by atoms with Crippen molar-refractivity contribution in [3.63, 3.8) is 0 Å². The van der Waals surface area contributed by atoms with E-state index < -0.39 is 11.0 Å². The molecule has 0 fully saturated rings. The molecule has 7 nitrogen and oxygen atoms in total. The third-order valence-electron chi connectivity index (χ3n) is 3.18. The van der Waals surface area contributed by atoms with Crippen LogP contribution in [0.2, 0.25) is 5.02 Å². The van der Waals surface area contributed by atoms with E-state index >= 15 is 0 Å². The van der Waals surface area contributed by atoms with E-state index in [0.29, 0.717) is 21.5 Å². The van der Waals surface area contributed by atoms with Gasteiger partial charge in [-0.1, -0.05) is 17.7 Å². The Labute approximate surface area is 151 Å². The number of carbonyl (C=O) groups is 1. The summed E-state index contributed by atoms with van der Waals surface area (Å²) in [5.74, 6) is 0. The first-order valence-corrected chi connectivity index (χ1v) is 8.31. The zero-order valence-electron chi connectivity index (χ0n) is 12.6. The van der Waals surface area contributed by atoms with Gasteiger partial charge >= 0.3 is 6.03 Å². The van der Waals surface area contributed by atoms with Crippen LogP contribution in [0.25, 0.3) is 11.3 Å². The number of hydrogen-bond acceptors (Lipinski definition) is 5. The van der Waals surface area contributed by atoms with Gasteiger partial charge in [-0.25, -0.2) is 9.78 Å². The van der Waals surface area contributed by atoms with Crippen molar-refractivity contribution in [1.82, 2.24) is 4.98 Å². The van der Waals surface area contributed by atoms with Crippen LogP contribution in [0.15, 0.2) is 53.9 Å². The molecular weight excluding hydrogens is 364 g/mol. The Morgan fingerprint density at radius 2 is 1.92 bits per heavy atom. The Morgan fingerprint density at radius 1 is 1.16 bits per heavy atom. The van der Waals surface area contributed by atoms with E-state index in [1.165, 1.54) is 23.5 Å². The van der Waals surface area contributed by atoms with Crippen LogP contribution in [0.4, 0.5) is 21.3 Å². The van der Waals surface area contributed by atoms with Gasteiger partial charge in [-0.2, -0.15) is 0 Å². The summed E-state index contributed by atoms with van der Waals surface area (Å²) in [5, 5.41) is 18.7. The van der Waals surface area contributed by atoms with E-state index in [1.807, 2.05) is 0 Å². The number of hydrogen-bond donors (Lipinski definition) is 2. The fourth-order valence-corrected chi connectivity index (χ4v) is 2.95. The van der Waals surface area contributed by atoms with E-state index in [9.17, 15) is 14.9 Å². The fraction of sp³-hybridized carbons (Fsp3) is 0. The zero-order chi connectivity index (χ0) is 17.8. The molecule has 9 heteroatoms. The van der Waals surface area contributed by atoms with E-state index in [0.717, 1.165) is 5.56 Å². The summed E-state index contributed by atoms with van der Waals surface area (Å²) in [7, 11) is 0. The number of nitro groups is 1. The van der Waals surface area contributed by atoms with Gasteiger partial charge in [-0.15, -0.1) is 11.3 Å². The number of thiazole rings is 1. The number of benzene rings is 2. The van der Waals surface area contributed by atoms with Crippen LogP contribution in [-0.2, 0) is 0 Å². The molecule has 0 bridgehead atoms. The van der Waals surface area contributed by atoms with Crippen molar-refractivity contribution in [2.24, 2.45) is 0 Å².